The highest BCUT2D eigenvalue weighted by molar-refractivity contribution is 5.84. The Morgan fingerprint density at radius 1 is 0.952 bits per heavy atom. The summed E-state index contributed by atoms with van der Waals surface area (Å²) in [5.41, 5.74) is 2.63. The molecule has 1 atom stereocenters. The second-order valence-electron chi connectivity index (χ2n) is 5.46. The van der Waals surface area contributed by atoms with Crippen LogP contribution < -0.4 is 5.32 Å². The third-order valence-corrected chi connectivity index (χ3v) is 3.89. The first-order valence-electron chi connectivity index (χ1n) is 7.42. The molecule has 0 aliphatic rings. The van der Waals surface area contributed by atoms with Gasteiger partial charge in [0.25, 0.3) is 0 Å². The van der Waals surface area contributed by atoms with Gasteiger partial charge in [-0.2, -0.15) is 0 Å². The number of benzene rings is 2. The number of nitrogens with one attached hydrogen (secondary N) is 1. The molecule has 1 N–H and O–H groups in total. The summed E-state index contributed by atoms with van der Waals surface area (Å²) in [7, 11) is 0. The summed E-state index contributed by atoms with van der Waals surface area (Å²) in [6, 6.07) is 19.0. The maximum Gasteiger partial charge on any atom is 0.0346 e. The van der Waals surface area contributed by atoms with E-state index in [1.165, 1.54) is 21.9 Å². The summed E-state index contributed by atoms with van der Waals surface area (Å²) in [5.74, 6) is 0.508. The lowest BCUT2D eigenvalue weighted by Gasteiger charge is -2.13. The zero-order valence-electron chi connectivity index (χ0n) is 12.3. The van der Waals surface area contributed by atoms with Crippen molar-refractivity contribution in [2.24, 2.45) is 0 Å². The predicted molar refractivity (Wildman–Crippen MR) is 88.3 cm³/mol. The summed E-state index contributed by atoms with van der Waals surface area (Å²) in [5, 5.41) is 6.04. The molecule has 0 aliphatic heterocycles. The molecule has 3 aromatic rings. The molecule has 2 aromatic carbocycles. The number of aromatic nitrogens is 1. The van der Waals surface area contributed by atoms with Crippen molar-refractivity contribution in [3.05, 3.63) is 78.1 Å². The van der Waals surface area contributed by atoms with Gasteiger partial charge in [-0.15, -0.1) is 0 Å². The molecular weight excluding hydrogens is 256 g/mol. The summed E-state index contributed by atoms with van der Waals surface area (Å²) < 4.78 is 0. The summed E-state index contributed by atoms with van der Waals surface area (Å²) in [6.45, 7) is 4.07. The Hall–Kier alpha value is -2.19. The molecule has 0 radical (unpaired) electrons. The molecule has 0 saturated carbocycles. The van der Waals surface area contributed by atoms with E-state index < -0.39 is 0 Å². The van der Waals surface area contributed by atoms with E-state index in [1.54, 1.807) is 0 Å². The average molecular weight is 276 g/mol. The maximum atomic E-state index is 4.33. The van der Waals surface area contributed by atoms with E-state index in [-0.39, 0.29) is 0 Å². The fraction of sp³-hybridized carbons (Fsp3) is 0.211. The van der Waals surface area contributed by atoms with Crippen molar-refractivity contribution in [2.75, 3.05) is 6.54 Å². The molecule has 2 nitrogen and oxygen atoms in total. The Morgan fingerprint density at radius 3 is 2.57 bits per heavy atom. The second-order valence-corrected chi connectivity index (χ2v) is 5.46. The van der Waals surface area contributed by atoms with E-state index in [1.807, 2.05) is 12.4 Å². The van der Waals surface area contributed by atoms with Crippen molar-refractivity contribution in [1.82, 2.24) is 10.3 Å². The van der Waals surface area contributed by atoms with Gasteiger partial charge in [0.1, 0.15) is 0 Å². The minimum atomic E-state index is 0.508. The normalized spacial score (nSPS) is 12.4. The SMILES string of the molecule is CC(CNCc1cncc2ccccc12)c1ccccc1. The molecule has 2 heteroatoms. The van der Waals surface area contributed by atoms with Crippen molar-refractivity contribution in [2.45, 2.75) is 19.4 Å². The van der Waals surface area contributed by atoms with Gasteiger partial charge < -0.3 is 5.32 Å². The van der Waals surface area contributed by atoms with Gasteiger partial charge in [-0.3, -0.25) is 4.98 Å². The first kappa shape index (κ1) is 13.8. The number of fused-ring (bicyclic) bond motifs is 1. The lowest BCUT2D eigenvalue weighted by molar-refractivity contribution is 0.616. The second kappa shape index (κ2) is 6.51. The molecular formula is C19H20N2. The lowest BCUT2D eigenvalue weighted by Crippen LogP contribution is -2.19. The minimum Gasteiger partial charge on any atom is -0.312 e. The Bertz CT molecular complexity index is 702. The van der Waals surface area contributed by atoms with Crippen LogP contribution in [0.5, 0.6) is 0 Å². The quantitative estimate of drug-likeness (QED) is 0.758. The van der Waals surface area contributed by atoms with Gasteiger partial charge in [0.2, 0.25) is 0 Å². The van der Waals surface area contributed by atoms with Crippen molar-refractivity contribution in [3.63, 3.8) is 0 Å². The number of nitrogens with zero attached hydrogens (tertiary/aromatic N) is 1. The van der Waals surface area contributed by atoms with E-state index in [0.717, 1.165) is 13.1 Å². The maximum absolute atomic E-state index is 4.33. The smallest absolute Gasteiger partial charge is 0.0346 e. The highest BCUT2D eigenvalue weighted by atomic mass is 14.9. The van der Waals surface area contributed by atoms with E-state index in [4.69, 9.17) is 0 Å². The standard InChI is InChI=1S/C19H20N2/c1-15(16-7-3-2-4-8-16)11-20-13-18-14-21-12-17-9-5-6-10-19(17)18/h2-10,12,14-15,20H,11,13H2,1H3. The Morgan fingerprint density at radius 2 is 1.71 bits per heavy atom. The third-order valence-electron chi connectivity index (χ3n) is 3.89. The number of pyridine rings is 1. The van der Waals surface area contributed by atoms with Gasteiger partial charge in [-0.05, 0) is 22.4 Å². The van der Waals surface area contributed by atoms with Gasteiger partial charge in [0.05, 0.1) is 0 Å². The molecule has 1 aromatic heterocycles. The van der Waals surface area contributed by atoms with Gasteiger partial charge in [-0.25, -0.2) is 0 Å². The summed E-state index contributed by atoms with van der Waals surface area (Å²) >= 11 is 0. The Labute approximate surface area is 125 Å². The van der Waals surface area contributed by atoms with Crippen LogP contribution >= 0.6 is 0 Å². The van der Waals surface area contributed by atoms with Crippen LogP contribution in [-0.2, 0) is 6.54 Å². The molecule has 0 aliphatic carbocycles. The van der Waals surface area contributed by atoms with Gasteiger partial charge in [0, 0.05) is 30.9 Å². The van der Waals surface area contributed by atoms with Crippen molar-refractivity contribution in [1.29, 1.82) is 0 Å². The topological polar surface area (TPSA) is 24.9 Å². The van der Waals surface area contributed by atoms with Crippen LogP contribution in [0, 0.1) is 0 Å². The van der Waals surface area contributed by atoms with E-state index >= 15 is 0 Å². The third kappa shape index (κ3) is 3.29. The average Bonchev–Trinajstić information content (AvgIpc) is 2.56. The first-order valence-corrected chi connectivity index (χ1v) is 7.42. The minimum absolute atomic E-state index is 0.508. The van der Waals surface area contributed by atoms with Crippen LogP contribution in [0.15, 0.2) is 67.0 Å². The monoisotopic (exact) mass is 276 g/mol. The molecule has 21 heavy (non-hydrogen) atoms. The van der Waals surface area contributed by atoms with Crippen molar-refractivity contribution < 1.29 is 0 Å². The molecule has 1 heterocycles. The zero-order valence-corrected chi connectivity index (χ0v) is 12.3. The molecule has 0 bridgehead atoms. The predicted octanol–water partition coefficient (Wildman–Crippen LogP) is 4.13. The highest BCUT2D eigenvalue weighted by Gasteiger charge is 2.05. The van der Waals surface area contributed by atoms with Crippen LogP contribution in [0.2, 0.25) is 0 Å². The molecule has 0 fully saturated rings. The van der Waals surface area contributed by atoms with Gasteiger partial charge >= 0.3 is 0 Å². The molecule has 0 spiro atoms. The Balaban J connectivity index is 1.65. The summed E-state index contributed by atoms with van der Waals surface area (Å²) in [6.07, 6.45) is 3.88. The highest BCUT2D eigenvalue weighted by Crippen LogP contribution is 2.17. The largest absolute Gasteiger partial charge is 0.312 e. The van der Waals surface area contributed by atoms with Crippen LogP contribution in [-0.4, -0.2) is 11.5 Å². The lowest BCUT2D eigenvalue weighted by atomic mass is 10.0. The van der Waals surface area contributed by atoms with E-state index in [2.05, 4.69) is 71.8 Å². The first-order chi connectivity index (χ1) is 10.3. The fourth-order valence-electron chi connectivity index (χ4n) is 2.64. The van der Waals surface area contributed by atoms with Gasteiger partial charge in [0.15, 0.2) is 0 Å². The van der Waals surface area contributed by atoms with Crippen LogP contribution in [0.25, 0.3) is 10.8 Å². The van der Waals surface area contributed by atoms with Crippen molar-refractivity contribution in [3.8, 4) is 0 Å². The van der Waals surface area contributed by atoms with Crippen LogP contribution in [0.4, 0.5) is 0 Å². The molecule has 3 rings (SSSR count). The molecule has 0 amide bonds. The number of hydrogen-bond acceptors (Lipinski definition) is 2. The van der Waals surface area contributed by atoms with E-state index in [9.17, 15) is 0 Å². The fourth-order valence-corrected chi connectivity index (χ4v) is 2.64. The molecule has 106 valence electrons. The van der Waals surface area contributed by atoms with Crippen LogP contribution in [0.3, 0.4) is 0 Å². The Kier molecular flexibility index (Phi) is 4.27. The van der Waals surface area contributed by atoms with Gasteiger partial charge in [-0.1, -0.05) is 61.5 Å². The van der Waals surface area contributed by atoms with Crippen molar-refractivity contribution >= 4 is 10.8 Å². The molecule has 1 unspecified atom stereocenters. The molecule has 0 saturated heterocycles. The number of rotatable bonds is 5. The zero-order chi connectivity index (χ0) is 14.5. The van der Waals surface area contributed by atoms with E-state index in [0.29, 0.717) is 5.92 Å². The number of hydrogen-bond donors (Lipinski definition) is 1. The van der Waals surface area contributed by atoms with Crippen LogP contribution in [0.1, 0.15) is 24.0 Å². The summed E-state index contributed by atoms with van der Waals surface area (Å²) in [4.78, 5) is 4.33.